The minimum Gasteiger partial charge on any atom is -0.380 e. The number of piperidine rings is 1. The summed E-state index contributed by atoms with van der Waals surface area (Å²) >= 11 is 0. The number of H-pyrrole nitrogens is 1. The van der Waals surface area contributed by atoms with Crippen molar-refractivity contribution < 1.29 is 13.2 Å². The maximum atomic E-state index is 14.9. The average Bonchev–Trinajstić information content (AvgIpc) is 2.71. The van der Waals surface area contributed by atoms with Crippen LogP contribution in [0.3, 0.4) is 0 Å². The first kappa shape index (κ1) is 19.1. The zero-order chi connectivity index (χ0) is 21.0. The van der Waals surface area contributed by atoms with Crippen molar-refractivity contribution in [2.24, 2.45) is 5.92 Å². The maximum absolute atomic E-state index is 14.9. The molecule has 2 aliphatic rings. The molecule has 1 saturated heterocycles. The maximum Gasteiger partial charge on any atom is 0.272 e. The van der Waals surface area contributed by atoms with Gasteiger partial charge in [0.1, 0.15) is 17.5 Å². The van der Waals surface area contributed by atoms with Gasteiger partial charge in [-0.25, -0.2) is 18.3 Å². The Balaban J connectivity index is 1.73. The summed E-state index contributed by atoms with van der Waals surface area (Å²) < 4.78 is 42.8. The van der Waals surface area contributed by atoms with Crippen LogP contribution in [-0.4, -0.2) is 41.3 Å². The molecule has 156 valence electrons. The van der Waals surface area contributed by atoms with Crippen LogP contribution in [0.1, 0.15) is 30.0 Å². The van der Waals surface area contributed by atoms with Crippen LogP contribution in [-0.2, 0) is 0 Å². The van der Waals surface area contributed by atoms with Gasteiger partial charge in [-0.05, 0) is 62.7 Å². The van der Waals surface area contributed by atoms with Crippen LogP contribution in [0.4, 0.5) is 18.9 Å². The summed E-state index contributed by atoms with van der Waals surface area (Å²) in [5.74, 6) is -2.21. The molecular weight excluding hydrogens is 393 g/mol. The van der Waals surface area contributed by atoms with Gasteiger partial charge < -0.3 is 10.2 Å². The lowest BCUT2D eigenvalue weighted by Crippen LogP contribution is -2.44. The first-order chi connectivity index (χ1) is 14.4. The van der Waals surface area contributed by atoms with Crippen molar-refractivity contribution >= 4 is 16.5 Å². The minimum absolute atomic E-state index is 0.164. The fraction of sp³-hybridized carbons (Fsp3) is 0.364. The van der Waals surface area contributed by atoms with E-state index in [2.05, 4.69) is 27.5 Å². The Hall–Kier alpha value is -2.87. The molecule has 8 heteroatoms. The molecule has 5 nitrogen and oxygen atoms in total. The monoisotopic (exact) mass is 414 g/mol. The van der Waals surface area contributed by atoms with Crippen LogP contribution in [0.5, 0.6) is 0 Å². The van der Waals surface area contributed by atoms with Crippen LogP contribution in [0.2, 0.25) is 0 Å². The Morgan fingerprint density at radius 3 is 2.57 bits per heavy atom. The van der Waals surface area contributed by atoms with Gasteiger partial charge in [0.25, 0.3) is 5.56 Å². The molecule has 0 radical (unpaired) electrons. The molecule has 0 saturated carbocycles. The van der Waals surface area contributed by atoms with E-state index >= 15 is 0 Å². The fourth-order valence-electron chi connectivity index (χ4n) is 4.93. The Morgan fingerprint density at radius 1 is 1.07 bits per heavy atom. The Bertz CT molecular complexity index is 1190. The van der Waals surface area contributed by atoms with E-state index in [9.17, 15) is 18.0 Å². The van der Waals surface area contributed by atoms with E-state index in [0.29, 0.717) is 22.3 Å². The molecule has 3 aromatic rings. The lowest BCUT2D eigenvalue weighted by atomic mass is 9.74. The molecule has 0 bridgehead atoms. The number of benzene rings is 2. The third-order valence-electron chi connectivity index (χ3n) is 6.43. The number of hydrogen-bond acceptors (Lipinski definition) is 4. The van der Waals surface area contributed by atoms with Crippen molar-refractivity contribution in [1.29, 1.82) is 0 Å². The highest BCUT2D eigenvalue weighted by molar-refractivity contribution is 5.97. The third kappa shape index (κ3) is 3.06. The van der Waals surface area contributed by atoms with Gasteiger partial charge >= 0.3 is 0 Å². The van der Waals surface area contributed by atoms with Gasteiger partial charge in [0.15, 0.2) is 0 Å². The molecule has 2 aliphatic heterocycles. The number of anilines is 1. The van der Waals surface area contributed by atoms with Crippen LogP contribution in [0.15, 0.2) is 35.1 Å². The predicted octanol–water partition coefficient (Wildman–Crippen LogP) is 3.61. The summed E-state index contributed by atoms with van der Waals surface area (Å²) in [5, 5.41) is 10.8. The molecule has 5 rings (SSSR count). The van der Waals surface area contributed by atoms with Gasteiger partial charge in [0, 0.05) is 23.2 Å². The second kappa shape index (κ2) is 7.12. The van der Waals surface area contributed by atoms with Gasteiger partial charge in [-0.15, -0.1) is 0 Å². The lowest BCUT2D eigenvalue weighted by Gasteiger charge is -2.42. The summed E-state index contributed by atoms with van der Waals surface area (Å²) in [6, 6.07) is 5.78. The molecule has 2 atom stereocenters. The summed E-state index contributed by atoms with van der Waals surface area (Å²) in [4.78, 5) is 14.5. The first-order valence-electron chi connectivity index (χ1n) is 10.0. The van der Waals surface area contributed by atoms with Gasteiger partial charge in [0.2, 0.25) is 0 Å². The SMILES string of the molecule is CN1CCC(C2Nc3cc(F)cc4c(=O)[nH]nc(c34)C2c2ccc(F)cc2F)CC1. The zero-order valence-corrected chi connectivity index (χ0v) is 16.4. The van der Waals surface area contributed by atoms with Crippen LogP contribution >= 0.6 is 0 Å². The molecule has 2 N–H and O–H groups in total. The average molecular weight is 414 g/mol. The number of hydrogen-bond donors (Lipinski definition) is 2. The van der Waals surface area contributed by atoms with Crippen molar-refractivity contribution in [3.05, 3.63) is 69.4 Å². The normalized spacial score (nSPS) is 22.3. The highest BCUT2D eigenvalue weighted by atomic mass is 19.1. The van der Waals surface area contributed by atoms with E-state index in [1.807, 2.05) is 0 Å². The van der Waals surface area contributed by atoms with Crippen molar-refractivity contribution in [2.45, 2.75) is 24.8 Å². The molecule has 1 fully saturated rings. The molecule has 1 aromatic heterocycles. The van der Waals surface area contributed by atoms with Gasteiger partial charge in [-0.2, -0.15) is 5.10 Å². The topological polar surface area (TPSA) is 61.0 Å². The minimum atomic E-state index is -0.661. The highest BCUT2D eigenvalue weighted by Crippen LogP contribution is 2.44. The van der Waals surface area contributed by atoms with Crippen molar-refractivity contribution in [2.75, 3.05) is 25.5 Å². The number of halogens is 3. The molecule has 2 aromatic carbocycles. The predicted molar refractivity (Wildman–Crippen MR) is 108 cm³/mol. The summed E-state index contributed by atoms with van der Waals surface area (Å²) in [7, 11) is 2.05. The van der Waals surface area contributed by atoms with Crippen LogP contribution in [0.25, 0.3) is 10.8 Å². The van der Waals surface area contributed by atoms with Crippen molar-refractivity contribution in [3.63, 3.8) is 0 Å². The summed E-state index contributed by atoms with van der Waals surface area (Å²) in [6.07, 6.45) is 1.76. The van der Waals surface area contributed by atoms with Crippen LogP contribution in [0, 0.1) is 23.4 Å². The second-order valence-electron chi connectivity index (χ2n) is 8.27. The molecular formula is C22H21F3N4O. The third-order valence-corrected chi connectivity index (χ3v) is 6.43. The molecule has 0 aliphatic carbocycles. The van der Waals surface area contributed by atoms with Gasteiger partial charge in [0.05, 0.1) is 17.0 Å². The van der Waals surface area contributed by atoms with E-state index in [1.54, 1.807) is 0 Å². The number of aromatic amines is 1. The van der Waals surface area contributed by atoms with Crippen LogP contribution < -0.4 is 10.9 Å². The van der Waals surface area contributed by atoms with E-state index in [4.69, 9.17) is 0 Å². The number of aromatic nitrogens is 2. The molecule has 3 heterocycles. The highest BCUT2D eigenvalue weighted by Gasteiger charge is 2.40. The van der Waals surface area contributed by atoms with E-state index in [-0.39, 0.29) is 17.3 Å². The smallest absolute Gasteiger partial charge is 0.272 e. The summed E-state index contributed by atoms with van der Waals surface area (Å²) in [6.45, 7) is 1.79. The van der Waals surface area contributed by atoms with Crippen molar-refractivity contribution in [3.8, 4) is 0 Å². The summed E-state index contributed by atoms with van der Waals surface area (Å²) in [5.41, 5.74) is 0.769. The largest absolute Gasteiger partial charge is 0.380 e. The Kier molecular flexibility index (Phi) is 4.54. The van der Waals surface area contributed by atoms with E-state index in [0.717, 1.165) is 32.0 Å². The number of nitrogens with zero attached hydrogens (tertiary/aromatic N) is 2. The van der Waals surface area contributed by atoms with Crippen molar-refractivity contribution in [1.82, 2.24) is 15.1 Å². The molecule has 2 unspecified atom stereocenters. The molecule has 30 heavy (non-hydrogen) atoms. The second-order valence-corrected chi connectivity index (χ2v) is 8.27. The lowest BCUT2D eigenvalue weighted by molar-refractivity contribution is 0.197. The van der Waals surface area contributed by atoms with E-state index < -0.39 is 28.9 Å². The molecule has 0 amide bonds. The Morgan fingerprint density at radius 2 is 1.83 bits per heavy atom. The first-order valence-corrected chi connectivity index (χ1v) is 10.0. The van der Waals surface area contributed by atoms with Gasteiger partial charge in [-0.1, -0.05) is 6.07 Å². The molecule has 0 spiro atoms. The van der Waals surface area contributed by atoms with E-state index in [1.165, 1.54) is 24.3 Å². The number of rotatable bonds is 2. The number of nitrogens with one attached hydrogen (secondary N) is 2. The van der Waals surface area contributed by atoms with Gasteiger partial charge in [-0.3, -0.25) is 4.79 Å². The fourth-order valence-corrected chi connectivity index (χ4v) is 4.93. The number of likely N-dealkylation sites (tertiary alicyclic amines) is 1. The zero-order valence-electron chi connectivity index (χ0n) is 16.4. The Labute approximate surface area is 170 Å². The standard InChI is InChI=1S/C22H21F3N4O/c1-29-6-4-11(5-7-29)20-19(14-3-2-12(23)9-16(14)25)21-18-15(22(30)28-27-21)8-13(24)10-17(18)26-20/h2-3,8-11,19-20,26H,4-7H2,1H3,(H,28,30). The quantitative estimate of drug-likeness (QED) is 0.673.